The summed E-state index contributed by atoms with van der Waals surface area (Å²) in [6.45, 7) is 2.18. The number of alkyl halides is 3. The zero-order valence-electron chi connectivity index (χ0n) is 14.2. The van der Waals surface area contributed by atoms with Gasteiger partial charge in [-0.25, -0.2) is 4.39 Å². The van der Waals surface area contributed by atoms with E-state index < -0.39 is 12.0 Å². The van der Waals surface area contributed by atoms with Crippen LogP contribution in [0.25, 0.3) is 17.2 Å². The quantitative estimate of drug-likeness (QED) is 0.366. The van der Waals surface area contributed by atoms with Gasteiger partial charge in [-0.3, -0.25) is 0 Å². The Labute approximate surface area is 146 Å². The SMILES string of the molecule is CCCCCCc1ccc(-c2ccc(C=CC(F)(F)F)c(F)c2)cc1. The van der Waals surface area contributed by atoms with E-state index in [0.717, 1.165) is 24.5 Å². The van der Waals surface area contributed by atoms with Crippen LogP contribution in [0.2, 0.25) is 0 Å². The van der Waals surface area contributed by atoms with Crippen molar-refractivity contribution in [2.75, 3.05) is 0 Å². The molecule has 134 valence electrons. The van der Waals surface area contributed by atoms with Crippen LogP contribution in [0.1, 0.15) is 43.7 Å². The molecule has 0 saturated heterocycles. The third kappa shape index (κ3) is 6.37. The van der Waals surface area contributed by atoms with Crippen LogP contribution in [0.4, 0.5) is 17.6 Å². The summed E-state index contributed by atoms with van der Waals surface area (Å²) in [5.74, 6) is -0.665. The van der Waals surface area contributed by atoms with Crippen LogP contribution in [0, 0.1) is 5.82 Å². The van der Waals surface area contributed by atoms with Crippen LogP contribution in [-0.4, -0.2) is 6.18 Å². The highest BCUT2D eigenvalue weighted by molar-refractivity contribution is 5.66. The van der Waals surface area contributed by atoms with E-state index in [1.165, 1.54) is 37.0 Å². The fraction of sp³-hybridized carbons (Fsp3) is 0.333. The number of unbranched alkanes of at least 4 members (excludes halogenated alkanes) is 3. The number of benzene rings is 2. The molecule has 25 heavy (non-hydrogen) atoms. The predicted molar refractivity (Wildman–Crippen MR) is 94.8 cm³/mol. The Morgan fingerprint density at radius 3 is 2.16 bits per heavy atom. The molecule has 0 heterocycles. The van der Waals surface area contributed by atoms with Crippen LogP contribution in [0.3, 0.4) is 0 Å². The van der Waals surface area contributed by atoms with E-state index in [2.05, 4.69) is 6.92 Å². The van der Waals surface area contributed by atoms with Crippen molar-refractivity contribution in [2.45, 2.75) is 45.2 Å². The van der Waals surface area contributed by atoms with Gasteiger partial charge in [-0.1, -0.05) is 62.6 Å². The Balaban J connectivity index is 2.06. The molecule has 0 radical (unpaired) electrons. The highest BCUT2D eigenvalue weighted by Crippen LogP contribution is 2.25. The molecule has 0 aliphatic carbocycles. The van der Waals surface area contributed by atoms with Crippen LogP contribution >= 0.6 is 0 Å². The van der Waals surface area contributed by atoms with Gasteiger partial charge < -0.3 is 0 Å². The summed E-state index contributed by atoms with van der Waals surface area (Å²) in [6.07, 6.45) is 2.19. The van der Waals surface area contributed by atoms with E-state index in [0.29, 0.717) is 5.56 Å². The number of allylic oxidation sites excluding steroid dienone is 1. The summed E-state index contributed by atoms with van der Waals surface area (Å²) in [5.41, 5.74) is 2.67. The summed E-state index contributed by atoms with van der Waals surface area (Å²) in [6, 6.07) is 12.2. The molecule has 2 aromatic carbocycles. The van der Waals surface area contributed by atoms with E-state index in [9.17, 15) is 17.6 Å². The van der Waals surface area contributed by atoms with Crippen LogP contribution in [0.5, 0.6) is 0 Å². The maximum absolute atomic E-state index is 14.0. The standard InChI is InChI=1S/C21H22F4/c1-2-3-4-5-6-16-7-9-17(10-8-16)19-12-11-18(20(22)15-19)13-14-21(23,24)25/h7-15H,2-6H2,1H3. The van der Waals surface area contributed by atoms with E-state index in [4.69, 9.17) is 0 Å². The highest BCUT2D eigenvalue weighted by Gasteiger charge is 2.22. The molecule has 0 aliphatic heterocycles. The van der Waals surface area contributed by atoms with Gasteiger partial charge in [0.1, 0.15) is 5.82 Å². The van der Waals surface area contributed by atoms with Gasteiger partial charge in [-0.15, -0.1) is 0 Å². The van der Waals surface area contributed by atoms with Gasteiger partial charge in [0, 0.05) is 11.6 Å². The number of hydrogen-bond donors (Lipinski definition) is 0. The van der Waals surface area contributed by atoms with Crippen molar-refractivity contribution in [1.82, 2.24) is 0 Å². The minimum Gasteiger partial charge on any atom is -0.206 e. The third-order valence-corrected chi connectivity index (χ3v) is 4.06. The van der Waals surface area contributed by atoms with Crippen LogP contribution in [-0.2, 0) is 6.42 Å². The topological polar surface area (TPSA) is 0 Å². The predicted octanol–water partition coefficient (Wildman–Crippen LogP) is 7.19. The summed E-state index contributed by atoms with van der Waals surface area (Å²) in [5, 5.41) is 0. The van der Waals surface area contributed by atoms with Gasteiger partial charge >= 0.3 is 6.18 Å². The zero-order valence-corrected chi connectivity index (χ0v) is 14.2. The molecule has 0 aliphatic rings. The highest BCUT2D eigenvalue weighted by atomic mass is 19.4. The average molecular weight is 350 g/mol. The molecule has 0 nitrogen and oxygen atoms in total. The normalized spacial score (nSPS) is 12.0. The second-order valence-corrected chi connectivity index (χ2v) is 6.12. The van der Waals surface area contributed by atoms with Crippen molar-refractivity contribution in [2.24, 2.45) is 0 Å². The molecule has 0 aromatic heterocycles. The number of rotatable bonds is 7. The van der Waals surface area contributed by atoms with Gasteiger partial charge in [0.2, 0.25) is 0 Å². The maximum Gasteiger partial charge on any atom is 0.409 e. The molecule has 0 bridgehead atoms. The van der Waals surface area contributed by atoms with E-state index in [1.807, 2.05) is 24.3 Å². The van der Waals surface area contributed by atoms with Crippen molar-refractivity contribution in [3.8, 4) is 11.1 Å². The number of aryl methyl sites for hydroxylation is 1. The molecule has 4 heteroatoms. The molecule has 0 saturated carbocycles. The fourth-order valence-electron chi connectivity index (χ4n) is 2.65. The van der Waals surface area contributed by atoms with Gasteiger partial charge in [-0.05, 0) is 41.7 Å². The molecule has 0 fully saturated rings. The minimum absolute atomic E-state index is 0.0401. The van der Waals surface area contributed by atoms with Gasteiger partial charge in [-0.2, -0.15) is 13.2 Å². The zero-order chi connectivity index (χ0) is 18.3. The largest absolute Gasteiger partial charge is 0.409 e. The van der Waals surface area contributed by atoms with Crippen molar-refractivity contribution < 1.29 is 17.6 Å². The summed E-state index contributed by atoms with van der Waals surface area (Å²) in [7, 11) is 0. The first-order valence-corrected chi connectivity index (χ1v) is 8.54. The van der Waals surface area contributed by atoms with Gasteiger partial charge in [0.15, 0.2) is 0 Å². The van der Waals surface area contributed by atoms with Crippen molar-refractivity contribution >= 4 is 6.08 Å². The number of halogens is 4. The van der Waals surface area contributed by atoms with Crippen molar-refractivity contribution in [3.05, 3.63) is 65.5 Å². The van der Waals surface area contributed by atoms with Crippen LogP contribution in [0.15, 0.2) is 48.5 Å². The van der Waals surface area contributed by atoms with Gasteiger partial charge in [0.05, 0.1) is 0 Å². The molecule has 2 aromatic rings. The molecule has 0 unspecified atom stereocenters. The van der Waals surface area contributed by atoms with E-state index in [-0.39, 0.29) is 11.6 Å². The first-order valence-electron chi connectivity index (χ1n) is 8.54. The summed E-state index contributed by atoms with van der Waals surface area (Å²) in [4.78, 5) is 0. The first-order chi connectivity index (χ1) is 11.9. The maximum atomic E-state index is 14.0. The minimum atomic E-state index is -4.45. The molecular weight excluding hydrogens is 328 g/mol. The van der Waals surface area contributed by atoms with Gasteiger partial charge in [0.25, 0.3) is 0 Å². The molecule has 0 N–H and O–H groups in total. The first kappa shape index (κ1) is 19.2. The number of hydrogen-bond acceptors (Lipinski definition) is 0. The lowest BCUT2D eigenvalue weighted by atomic mass is 10.00. The Bertz CT molecular complexity index is 697. The smallest absolute Gasteiger partial charge is 0.206 e. The van der Waals surface area contributed by atoms with E-state index in [1.54, 1.807) is 6.07 Å². The second-order valence-electron chi connectivity index (χ2n) is 6.12. The summed E-state index contributed by atoms with van der Waals surface area (Å²) < 4.78 is 50.5. The van der Waals surface area contributed by atoms with Crippen LogP contribution < -0.4 is 0 Å². The van der Waals surface area contributed by atoms with E-state index >= 15 is 0 Å². The fourth-order valence-corrected chi connectivity index (χ4v) is 2.65. The third-order valence-electron chi connectivity index (χ3n) is 4.06. The lowest BCUT2D eigenvalue weighted by Crippen LogP contribution is -2.00. The second kappa shape index (κ2) is 8.84. The monoisotopic (exact) mass is 350 g/mol. The Morgan fingerprint density at radius 2 is 1.56 bits per heavy atom. The average Bonchev–Trinajstić information content (AvgIpc) is 2.57. The molecule has 0 spiro atoms. The Morgan fingerprint density at radius 1 is 0.880 bits per heavy atom. The molecule has 2 rings (SSSR count). The van der Waals surface area contributed by atoms with Crippen molar-refractivity contribution in [1.29, 1.82) is 0 Å². The Kier molecular flexibility index (Phi) is 6.80. The lowest BCUT2D eigenvalue weighted by Gasteiger charge is -2.07. The lowest BCUT2D eigenvalue weighted by molar-refractivity contribution is -0.0790. The molecule has 0 amide bonds. The van der Waals surface area contributed by atoms with Crippen molar-refractivity contribution in [3.63, 3.8) is 0 Å². The molecule has 0 atom stereocenters. The Hall–Kier alpha value is -2.10. The summed E-state index contributed by atoms with van der Waals surface area (Å²) >= 11 is 0. The molecular formula is C21H22F4.